The van der Waals surface area contributed by atoms with Gasteiger partial charge in [-0.15, -0.1) is 0 Å². The second-order valence-electron chi connectivity index (χ2n) is 7.44. The van der Waals surface area contributed by atoms with Crippen LogP contribution in [0, 0.1) is 19.7 Å². The standard InChI is InChI=1S/C23H23ClFN3/c1-14-15(2)26-22(12-17-4-8-20(25)9-5-17)27-23(14)28-11-10-18-6-7-19(24)13-21(18)16(28)3/h4-9,13,16H,10-12H2,1-3H3. The molecule has 0 saturated heterocycles. The molecule has 0 radical (unpaired) electrons. The summed E-state index contributed by atoms with van der Waals surface area (Å²) in [6, 6.07) is 12.9. The quantitative estimate of drug-likeness (QED) is 0.578. The first-order chi connectivity index (χ1) is 13.4. The van der Waals surface area contributed by atoms with Crippen LogP contribution in [0.4, 0.5) is 10.2 Å². The molecule has 0 bridgehead atoms. The molecule has 4 rings (SSSR count). The molecule has 0 saturated carbocycles. The molecule has 0 fully saturated rings. The number of fused-ring (bicyclic) bond motifs is 1. The third-order valence-electron chi connectivity index (χ3n) is 5.60. The van der Waals surface area contributed by atoms with E-state index in [0.29, 0.717) is 6.42 Å². The van der Waals surface area contributed by atoms with Gasteiger partial charge in [-0.25, -0.2) is 14.4 Å². The van der Waals surface area contributed by atoms with Gasteiger partial charge in [0.05, 0.1) is 6.04 Å². The average Bonchev–Trinajstić information content (AvgIpc) is 2.67. The van der Waals surface area contributed by atoms with E-state index in [1.807, 2.05) is 13.0 Å². The Morgan fingerprint density at radius 1 is 1.11 bits per heavy atom. The van der Waals surface area contributed by atoms with Crippen LogP contribution >= 0.6 is 11.6 Å². The van der Waals surface area contributed by atoms with Crippen LogP contribution in [0.25, 0.3) is 0 Å². The van der Waals surface area contributed by atoms with Crippen molar-refractivity contribution < 1.29 is 4.39 Å². The molecule has 0 spiro atoms. The maximum Gasteiger partial charge on any atom is 0.136 e. The van der Waals surface area contributed by atoms with Crippen LogP contribution in [0.2, 0.25) is 5.02 Å². The van der Waals surface area contributed by atoms with Gasteiger partial charge < -0.3 is 4.90 Å². The lowest BCUT2D eigenvalue weighted by Crippen LogP contribution is -2.35. The summed E-state index contributed by atoms with van der Waals surface area (Å²) in [6.07, 6.45) is 1.55. The third kappa shape index (κ3) is 3.61. The van der Waals surface area contributed by atoms with Crippen LogP contribution in [-0.2, 0) is 12.8 Å². The maximum atomic E-state index is 13.2. The van der Waals surface area contributed by atoms with Gasteiger partial charge >= 0.3 is 0 Å². The van der Waals surface area contributed by atoms with E-state index in [0.717, 1.165) is 46.5 Å². The highest BCUT2D eigenvalue weighted by Crippen LogP contribution is 2.35. The van der Waals surface area contributed by atoms with Gasteiger partial charge in [0.1, 0.15) is 17.5 Å². The predicted molar refractivity (Wildman–Crippen MR) is 112 cm³/mol. The lowest BCUT2D eigenvalue weighted by Gasteiger charge is -2.37. The fraction of sp³-hybridized carbons (Fsp3) is 0.304. The summed E-state index contributed by atoms with van der Waals surface area (Å²) in [5, 5.41) is 0.764. The monoisotopic (exact) mass is 395 g/mol. The van der Waals surface area contributed by atoms with Crippen molar-refractivity contribution >= 4 is 17.4 Å². The summed E-state index contributed by atoms with van der Waals surface area (Å²) in [5.74, 6) is 1.50. The van der Waals surface area contributed by atoms with Crippen molar-refractivity contribution in [3.05, 3.63) is 87.1 Å². The van der Waals surface area contributed by atoms with Crippen molar-refractivity contribution in [3.8, 4) is 0 Å². The van der Waals surface area contributed by atoms with Gasteiger partial charge in [0, 0.05) is 29.2 Å². The first-order valence-electron chi connectivity index (χ1n) is 9.56. The van der Waals surface area contributed by atoms with Gasteiger partial charge in [0.2, 0.25) is 0 Å². The molecule has 0 amide bonds. The van der Waals surface area contributed by atoms with Crippen LogP contribution in [0.1, 0.15) is 46.7 Å². The number of benzene rings is 2. The number of halogens is 2. The van der Waals surface area contributed by atoms with E-state index >= 15 is 0 Å². The van der Waals surface area contributed by atoms with E-state index < -0.39 is 0 Å². The second kappa shape index (κ2) is 7.51. The Bertz CT molecular complexity index is 1020. The topological polar surface area (TPSA) is 29.0 Å². The van der Waals surface area contributed by atoms with Gasteiger partial charge in [-0.3, -0.25) is 0 Å². The molecular formula is C23H23ClFN3. The molecule has 1 unspecified atom stereocenters. The average molecular weight is 396 g/mol. The van der Waals surface area contributed by atoms with Crippen LogP contribution in [-0.4, -0.2) is 16.5 Å². The Balaban J connectivity index is 1.69. The molecule has 1 atom stereocenters. The van der Waals surface area contributed by atoms with E-state index in [9.17, 15) is 4.39 Å². The highest BCUT2D eigenvalue weighted by Gasteiger charge is 2.27. The Hall–Kier alpha value is -2.46. The van der Waals surface area contributed by atoms with E-state index in [1.165, 1.54) is 23.3 Å². The first-order valence-corrected chi connectivity index (χ1v) is 9.93. The second-order valence-corrected chi connectivity index (χ2v) is 7.88. The van der Waals surface area contributed by atoms with Gasteiger partial charge in [-0.2, -0.15) is 0 Å². The Morgan fingerprint density at radius 2 is 1.86 bits per heavy atom. The van der Waals surface area contributed by atoms with Crippen molar-refractivity contribution in [2.24, 2.45) is 0 Å². The van der Waals surface area contributed by atoms with Crippen molar-refractivity contribution in [3.63, 3.8) is 0 Å². The maximum absolute atomic E-state index is 13.2. The van der Waals surface area contributed by atoms with Crippen LogP contribution in [0.15, 0.2) is 42.5 Å². The number of aromatic nitrogens is 2. The summed E-state index contributed by atoms with van der Waals surface area (Å²) >= 11 is 6.25. The van der Waals surface area contributed by atoms with E-state index in [-0.39, 0.29) is 11.9 Å². The Labute approximate surface area is 170 Å². The normalized spacial score (nSPS) is 16.2. The molecule has 3 aromatic rings. The largest absolute Gasteiger partial charge is 0.349 e. The molecule has 28 heavy (non-hydrogen) atoms. The highest BCUT2D eigenvalue weighted by molar-refractivity contribution is 6.30. The minimum absolute atomic E-state index is 0.189. The number of nitrogens with zero attached hydrogens (tertiary/aromatic N) is 3. The van der Waals surface area contributed by atoms with Crippen LogP contribution < -0.4 is 4.90 Å². The first kappa shape index (κ1) is 18.9. The summed E-state index contributed by atoms with van der Waals surface area (Å²) in [4.78, 5) is 11.9. The minimum atomic E-state index is -0.232. The number of aryl methyl sites for hydroxylation is 1. The molecule has 3 nitrogen and oxygen atoms in total. The fourth-order valence-electron chi connectivity index (χ4n) is 3.89. The molecule has 5 heteroatoms. The van der Waals surface area contributed by atoms with Gasteiger partial charge in [0.25, 0.3) is 0 Å². The molecule has 0 N–H and O–H groups in total. The summed E-state index contributed by atoms with van der Waals surface area (Å²) < 4.78 is 13.2. The number of anilines is 1. The third-order valence-corrected chi connectivity index (χ3v) is 5.84. The molecule has 1 aromatic heterocycles. The summed E-state index contributed by atoms with van der Waals surface area (Å²) in [6.45, 7) is 7.20. The zero-order chi connectivity index (χ0) is 19.8. The molecule has 1 aliphatic heterocycles. The molecule has 0 aliphatic carbocycles. The summed E-state index contributed by atoms with van der Waals surface area (Å²) in [5.41, 5.74) is 5.68. The smallest absolute Gasteiger partial charge is 0.136 e. The Morgan fingerprint density at radius 3 is 2.61 bits per heavy atom. The van der Waals surface area contributed by atoms with E-state index in [4.69, 9.17) is 16.6 Å². The lowest BCUT2D eigenvalue weighted by atomic mass is 9.93. The lowest BCUT2D eigenvalue weighted by molar-refractivity contribution is 0.611. The van der Waals surface area contributed by atoms with Gasteiger partial charge in [-0.05, 0) is 68.1 Å². The summed E-state index contributed by atoms with van der Waals surface area (Å²) in [7, 11) is 0. The Kier molecular flexibility index (Phi) is 5.07. The SMILES string of the molecule is Cc1nc(Cc2ccc(F)cc2)nc(N2CCc3ccc(Cl)cc3C2C)c1C. The zero-order valence-corrected chi connectivity index (χ0v) is 17.1. The van der Waals surface area contributed by atoms with Crippen LogP contribution in [0.5, 0.6) is 0 Å². The number of hydrogen-bond donors (Lipinski definition) is 0. The molecule has 144 valence electrons. The molecular weight excluding hydrogens is 373 g/mol. The van der Waals surface area contributed by atoms with Gasteiger partial charge in [-0.1, -0.05) is 29.8 Å². The zero-order valence-electron chi connectivity index (χ0n) is 16.3. The van der Waals surface area contributed by atoms with Crippen molar-refractivity contribution in [2.75, 3.05) is 11.4 Å². The van der Waals surface area contributed by atoms with Gasteiger partial charge in [0.15, 0.2) is 0 Å². The van der Waals surface area contributed by atoms with E-state index in [1.54, 1.807) is 12.1 Å². The molecule has 2 heterocycles. The number of hydrogen-bond acceptors (Lipinski definition) is 3. The molecule has 1 aliphatic rings. The van der Waals surface area contributed by atoms with E-state index in [2.05, 4.69) is 35.9 Å². The predicted octanol–water partition coefficient (Wildman–Crippen LogP) is 5.60. The fourth-order valence-corrected chi connectivity index (χ4v) is 4.07. The van der Waals surface area contributed by atoms with Crippen molar-refractivity contribution in [1.82, 2.24) is 9.97 Å². The highest BCUT2D eigenvalue weighted by atomic mass is 35.5. The van der Waals surface area contributed by atoms with Crippen molar-refractivity contribution in [2.45, 2.75) is 39.7 Å². The van der Waals surface area contributed by atoms with Crippen molar-refractivity contribution in [1.29, 1.82) is 0 Å². The molecule has 2 aromatic carbocycles. The number of rotatable bonds is 3. The minimum Gasteiger partial charge on any atom is -0.349 e. The van der Waals surface area contributed by atoms with Crippen LogP contribution in [0.3, 0.4) is 0 Å².